The van der Waals surface area contributed by atoms with Crippen LogP contribution in [-0.2, 0) is 25.7 Å². The van der Waals surface area contributed by atoms with E-state index < -0.39 is 11.9 Å². The van der Waals surface area contributed by atoms with Crippen LogP contribution >= 0.6 is 0 Å². The summed E-state index contributed by atoms with van der Waals surface area (Å²) in [7, 11) is 0. The number of carboxylic acid groups (broad SMARTS) is 1. The van der Waals surface area contributed by atoms with Gasteiger partial charge in [-0.05, 0) is 5.56 Å². The number of amides is 1. The molecule has 7 heteroatoms. The van der Waals surface area contributed by atoms with Crippen LogP contribution in [0.5, 0.6) is 0 Å². The van der Waals surface area contributed by atoms with Crippen LogP contribution < -0.4 is 0 Å². The van der Waals surface area contributed by atoms with Gasteiger partial charge in [0.25, 0.3) is 5.91 Å². The van der Waals surface area contributed by atoms with Crippen molar-refractivity contribution < 1.29 is 24.2 Å². The first-order chi connectivity index (χ1) is 11.5. The van der Waals surface area contributed by atoms with Gasteiger partial charge in [-0.1, -0.05) is 30.3 Å². The quantitative estimate of drug-likeness (QED) is 0.603. The maximum atomic E-state index is 12.0. The lowest BCUT2D eigenvalue weighted by molar-refractivity contribution is -0.149. The second-order valence-corrected chi connectivity index (χ2v) is 5.42. The van der Waals surface area contributed by atoms with Crippen molar-refractivity contribution in [1.29, 1.82) is 0 Å². The summed E-state index contributed by atoms with van der Waals surface area (Å²) in [6.45, 7) is 3.14. The topological polar surface area (TPSA) is 87.1 Å². The molecule has 1 amide bonds. The summed E-state index contributed by atoms with van der Waals surface area (Å²) in [5.74, 6) is -2.35. The van der Waals surface area contributed by atoms with E-state index in [0.29, 0.717) is 19.2 Å². The van der Waals surface area contributed by atoms with Gasteiger partial charge in [0.2, 0.25) is 0 Å². The van der Waals surface area contributed by atoms with E-state index in [1.165, 1.54) is 5.56 Å². The SMILES string of the molecule is O=C(O)C=CC(=O)OCC(=O)N1CCN(Cc2ccccc2)CC1. The van der Waals surface area contributed by atoms with Gasteiger partial charge in [-0.2, -0.15) is 0 Å². The van der Waals surface area contributed by atoms with Gasteiger partial charge in [0.05, 0.1) is 0 Å². The van der Waals surface area contributed by atoms with Crippen LogP contribution in [0.3, 0.4) is 0 Å². The predicted octanol–water partition coefficient (Wildman–Crippen LogP) is 0.515. The highest BCUT2D eigenvalue weighted by atomic mass is 16.5. The molecule has 24 heavy (non-hydrogen) atoms. The maximum absolute atomic E-state index is 12.0. The minimum Gasteiger partial charge on any atom is -0.478 e. The summed E-state index contributed by atoms with van der Waals surface area (Å²) in [4.78, 5) is 37.4. The van der Waals surface area contributed by atoms with E-state index in [1.54, 1.807) is 4.90 Å². The third kappa shape index (κ3) is 5.85. The summed E-state index contributed by atoms with van der Waals surface area (Å²) in [5, 5.41) is 8.40. The number of carbonyl (C=O) groups excluding carboxylic acids is 2. The van der Waals surface area contributed by atoms with Crippen molar-refractivity contribution in [3.05, 3.63) is 48.0 Å². The first kappa shape index (κ1) is 17.7. The first-order valence-electron chi connectivity index (χ1n) is 7.66. The van der Waals surface area contributed by atoms with Crippen LogP contribution in [0.2, 0.25) is 0 Å². The van der Waals surface area contributed by atoms with Gasteiger partial charge in [0.1, 0.15) is 0 Å². The Bertz CT molecular complexity index is 607. The molecule has 1 heterocycles. The molecule has 0 unspecified atom stereocenters. The Morgan fingerprint density at radius 3 is 2.33 bits per heavy atom. The Hall–Kier alpha value is -2.67. The molecule has 1 N–H and O–H groups in total. The molecule has 0 bridgehead atoms. The van der Waals surface area contributed by atoms with E-state index in [9.17, 15) is 14.4 Å². The Labute approximate surface area is 140 Å². The number of esters is 1. The summed E-state index contributed by atoms with van der Waals surface area (Å²) in [5.41, 5.74) is 1.23. The number of aliphatic carboxylic acids is 1. The number of carboxylic acids is 1. The number of piperazine rings is 1. The minimum atomic E-state index is -1.24. The number of hydrogen-bond donors (Lipinski definition) is 1. The molecule has 0 aromatic heterocycles. The minimum absolute atomic E-state index is 0.272. The summed E-state index contributed by atoms with van der Waals surface area (Å²) in [6, 6.07) is 10.1. The number of rotatable bonds is 6. The van der Waals surface area contributed by atoms with E-state index in [4.69, 9.17) is 9.84 Å². The van der Waals surface area contributed by atoms with Crippen LogP contribution in [0.4, 0.5) is 0 Å². The van der Waals surface area contributed by atoms with Crippen LogP contribution in [0.25, 0.3) is 0 Å². The molecule has 2 rings (SSSR count). The largest absolute Gasteiger partial charge is 0.478 e. The van der Waals surface area contributed by atoms with Crippen LogP contribution in [0, 0.1) is 0 Å². The van der Waals surface area contributed by atoms with Crippen molar-refractivity contribution in [3.8, 4) is 0 Å². The van der Waals surface area contributed by atoms with E-state index in [2.05, 4.69) is 17.0 Å². The van der Waals surface area contributed by atoms with Crippen molar-refractivity contribution in [3.63, 3.8) is 0 Å². The van der Waals surface area contributed by atoms with Crippen LogP contribution in [0.1, 0.15) is 5.56 Å². The highest BCUT2D eigenvalue weighted by Gasteiger charge is 2.21. The average Bonchev–Trinajstić information content (AvgIpc) is 2.59. The molecular weight excluding hydrogens is 312 g/mol. The third-order valence-electron chi connectivity index (χ3n) is 3.67. The normalized spacial score (nSPS) is 15.4. The fourth-order valence-corrected chi connectivity index (χ4v) is 2.41. The molecule has 1 aromatic carbocycles. The smallest absolute Gasteiger partial charge is 0.331 e. The Morgan fingerprint density at radius 1 is 1.04 bits per heavy atom. The summed E-state index contributed by atoms with van der Waals surface area (Å²) in [6.07, 6.45) is 1.46. The van der Waals surface area contributed by atoms with Crippen molar-refractivity contribution >= 4 is 17.8 Å². The molecule has 1 aromatic rings. The van der Waals surface area contributed by atoms with Gasteiger partial charge in [0, 0.05) is 44.9 Å². The molecule has 1 saturated heterocycles. The van der Waals surface area contributed by atoms with Gasteiger partial charge in [-0.15, -0.1) is 0 Å². The van der Waals surface area contributed by atoms with Gasteiger partial charge < -0.3 is 14.7 Å². The maximum Gasteiger partial charge on any atom is 0.331 e. The lowest BCUT2D eigenvalue weighted by atomic mass is 10.2. The molecule has 1 fully saturated rings. The van der Waals surface area contributed by atoms with Crippen molar-refractivity contribution in [1.82, 2.24) is 9.80 Å². The zero-order chi connectivity index (χ0) is 17.4. The van der Waals surface area contributed by atoms with Gasteiger partial charge in [-0.25, -0.2) is 9.59 Å². The molecule has 0 aliphatic carbocycles. The number of hydrogen-bond acceptors (Lipinski definition) is 5. The van der Waals surface area contributed by atoms with Crippen LogP contribution in [-0.4, -0.2) is 65.5 Å². The molecule has 0 atom stereocenters. The monoisotopic (exact) mass is 332 g/mol. The fourth-order valence-electron chi connectivity index (χ4n) is 2.41. The highest BCUT2D eigenvalue weighted by Crippen LogP contribution is 2.08. The van der Waals surface area contributed by atoms with Gasteiger partial charge >= 0.3 is 11.9 Å². The van der Waals surface area contributed by atoms with Crippen molar-refractivity contribution in [2.45, 2.75) is 6.54 Å². The predicted molar refractivity (Wildman–Crippen MR) is 86.0 cm³/mol. The zero-order valence-electron chi connectivity index (χ0n) is 13.3. The lowest BCUT2D eigenvalue weighted by Gasteiger charge is -2.34. The van der Waals surface area contributed by atoms with Gasteiger partial charge in [-0.3, -0.25) is 9.69 Å². The molecule has 0 saturated carbocycles. The molecule has 0 radical (unpaired) electrons. The highest BCUT2D eigenvalue weighted by molar-refractivity contribution is 5.91. The second kappa shape index (κ2) is 8.83. The third-order valence-corrected chi connectivity index (χ3v) is 3.67. The number of nitrogens with zero attached hydrogens (tertiary/aromatic N) is 2. The van der Waals surface area contributed by atoms with E-state index in [1.807, 2.05) is 18.2 Å². The summed E-state index contributed by atoms with van der Waals surface area (Å²) >= 11 is 0. The molecule has 0 spiro atoms. The molecular formula is C17H20N2O5. The van der Waals surface area contributed by atoms with E-state index in [0.717, 1.165) is 25.7 Å². The van der Waals surface area contributed by atoms with Crippen molar-refractivity contribution in [2.24, 2.45) is 0 Å². The van der Waals surface area contributed by atoms with E-state index >= 15 is 0 Å². The first-order valence-corrected chi connectivity index (χ1v) is 7.66. The molecule has 1 aliphatic heterocycles. The average molecular weight is 332 g/mol. The number of carbonyl (C=O) groups is 3. The Balaban J connectivity index is 1.70. The molecule has 128 valence electrons. The second-order valence-electron chi connectivity index (χ2n) is 5.42. The summed E-state index contributed by atoms with van der Waals surface area (Å²) < 4.78 is 4.74. The number of benzene rings is 1. The zero-order valence-corrected chi connectivity index (χ0v) is 13.3. The lowest BCUT2D eigenvalue weighted by Crippen LogP contribution is -2.49. The Morgan fingerprint density at radius 2 is 1.71 bits per heavy atom. The van der Waals surface area contributed by atoms with Crippen molar-refractivity contribution in [2.75, 3.05) is 32.8 Å². The van der Waals surface area contributed by atoms with E-state index in [-0.39, 0.29) is 12.5 Å². The molecule has 1 aliphatic rings. The standard InChI is InChI=1S/C17H20N2O5/c20-15(13-24-17(23)7-6-16(21)22)19-10-8-18(9-11-19)12-14-4-2-1-3-5-14/h1-7H,8-13H2,(H,21,22). The van der Waals surface area contributed by atoms with Crippen LogP contribution in [0.15, 0.2) is 42.5 Å². The number of ether oxygens (including phenoxy) is 1. The fraction of sp³-hybridized carbons (Fsp3) is 0.353. The molecule has 7 nitrogen and oxygen atoms in total. The van der Waals surface area contributed by atoms with Gasteiger partial charge in [0.15, 0.2) is 6.61 Å². The Kier molecular flexibility index (Phi) is 6.51.